The first kappa shape index (κ1) is 16.0. The Labute approximate surface area is 140 Å². The molecule has 0 radical (unpaired) electrons. The number of rotatable bonds is 3. The number of amides is 1. The number of benzene rings is 2. The van der Waals surface area contributed by atoms with Gasteiger partial charge >= 0.3 is 0 Å². The maximum absolute atomic E-state index is 12.5. The lowest BCUT2D eigenvalue weighted by Crippen LogP contribution is -2.28. The molecule has 0 saturated heterocycles. The van der Waals surface area contributed by atoms with Crippen molar-refractivity contribution >= 4 is 22.5 Å². The number of para-hydroxylation sites is 1. The number of aromatic nitrogens is 1. The number of hydrogen-bond acceptors (Lipinski definition) is 2. The molecule has 1 amide bonds. The van der Waals surface area contributed by atoms with Crippen LogP contribution in [0.5, 0.6) is 0 Å². The zero-order valence-electron chi connectivity index (χ0n) is 14.1. The van der Waals surface area contributed by atoms with Crippen molar-refractivity contribution in [2.24, 2.45) is 0 Å². The second kappa shape index (κ2) is 6.32. The van der Waals surface area contributed by atoms with Gasteiger partial charge in [-0.3, -0.25) is 14.2 Å². The minimum Gasteiger partial charge on any atom is -0.324 e. The smallest absolute Gasteiger partial charge is 0.251 e. The summed E-state index contributed by atoms with van der Waals surface area (Å²) in [6.45, 7) is 5.87. The summed E-state index contributed by atoms with van der Waals surface area (Å²) in [6, 6.07) is 15.0. The van der Waals surface area contributed by atoms with Crippen LogP contribution in [0, 0.1) is 20.8 Å². The molecule has 4 heteroatoms. The number of carbonyl (C=O) groups excluding carboxylic acids is 1. The van der Waals surface area contributed by atoms with Crippen LogP contribution in [-0.2, 0) is 11.3 Å². The van der Waals surface area contributed by atoms with Gasteiger partial charge < -0.3 is 5.32 Å². The maximum atomic E-state index is 12.5. The Bertz CT molecular complexity index is 987. The van der Waals surface area contributed by atoms with Crippen LogP contribution in [0.3, 0.4) is 0 Å². The number of pyridine rings is 1. The van der Waals surface area contributed by atoms with Crippen LogP contribution in [0.2, 0.25) is 0 Å². The Balaban J connectivity index is 1.94. The van der Waals surface area contributed by atoms with Gasteiger partial charge in [-0.1, -0.05) is 30.3 Å². The molecule has 0 bridgehead atoms. The molecule has 0 spiro atoms. The summed E-state index contributed by atoms with van der Waals surface area (Å²) >= 11 is 0. The van der Waals surface area contributed by atoms with E-state index in [1.165, 1.54) is 4.57 Å². The lowest BCUT2D eigenvalue weighted by atomic mass is 10.1. The summed E-state index contributed by atoms with van der Waals surface area (Å²) in [5.74, 6) is -0.209. The molecule has 2 aromatic carbocycles. The van der Waals surface area contributed by atoms with E-state index in [0.29, 0.717) is 0 Å². The van der Waals surface area contributed by atoms with E-state index in [2.05, 4.69) is 5.32 Å². The molecule has 24 heavy (non-hydrogen) atoms. The van der Waals surface area contributed by atoms with Crippen LogP contribution in [0.25, 0.3) is 10.9 Å². The van der Waals surface area contributed by atoms with Gasteiger partial charge in [-0.25, -0.2) is 0 Å². The highest BCUT2D eigenvalue weighted by Gasteiger charge is 2.11. The van der Waals surface area contributed by atoms with Gasteiger partial charge in [0.1, 0.15) is 6.54 Å². The normalized spacial score (nSPS) is 10.8. The molecule has 0 atom stereocenters. The van der Waals surface area contributed by atoms with Crippen LogP contribution in [0.1, 0.15) is 16.7 Å². The summed E-state index contributed by atoms with van der Waals surface area (Å²) in [5, 5.41) is 3.89. The van der Waals surface area contributed by atoms with Gasteiger partial charge in [0, 0.05) is 17.1 Å². The third-order valence-electron chi connectivity index (χ3n) is 4.41. The van der Waals surface area contributed by atoms with Gasteiger partial charge in [0.25, 0.3) is 5.56 Å². The SMILES string of the molecule is Cc1cccc(NC(=O)Cn2c(=O)cc(C)c3ccccc32)c1C. The largest absolute Gasteiger partial charge is 0.324 e. The lowest BCUT2D eigenvalue weighted by Gasteiger charge is -2.13. The average molecular weight is 320 g/mol. The number of aryl methyl sites for hydroxylation is 2. The van der Waals surface area contributed by atoms with E-state index in [0.717, 1.165) is 33.3 Å². The molecule has 3 aromatic rings. The van der Waals surface area contributed by atoms with E-state index in [-0.39, 0.29) is 18.0 Å². The predicted molar refractivity (Wildman–Crippen MR) is 97.5 cm³/mol. The molecule has 0 aliphatic carbocycles. The quantitative estimate of drug-likeness (QED) is 0.802. The van der Waals surface area contributed by atoms with Crippen molar-refractivity contribution < 1.29 is 4.79 Å². The van der Waals surface area contributed by atoms with Crippen molar-refractivity contribution in [2.45, 2.75) is 27.3 Å². The summed E-state index contributed by atoms with van der Waals surface area (Å²) in [6.07, 6.45) is 0. The Morgan fingerprint density at radius 2 is 1.75 bits per heavy atom. The van der Waals surface area contributed by atoms with E-state index < -0.39 is 0 Å². The molecule has 0 fully saturated rings. The average Bonchev–Trinajstić information content (AvgIpc) is 2.56. The van der Waals surface area contributed by atoms with Crippen molar-refractivity contribution in [3.05, 3.63) is 75.6 Å². The van der Waals surface area contributed by atoms with Crippen molar-refractivity contribution in [1.29, 1.82) is 0 Å². The summed E-state index contributed by atoms with van der Waals surface area (Å²) in [5.41, 5.74) is 4.46. The zero-order valence-corrected chi connectivity index (χ0v) is 14.1. The van der Waals surface area contributed by atoms with E-state index in [4.69, 9.17) is 0 Å². The summed E-state index contributed by atoms with van der Waals surface area (Å²) in [4.78, 5) is 24.8. The Kier molecular flexibility index (Phi) is 4.21. The molecule has 0 unspecified atom stereocenters. The molecule has 4 nitrogen and oxygen atoms in total. The van der Waals surface area contributed by atoms with E-state index in [1.807, 2.05) is 63.2 Å². The molecule has 0 saturated carbocycles. The van der Waals surface area contributed by atoms with Gasteiger partial charge in [0.05, 0.1) is 5.52 Å². The molecular weight excluding hydrogens is 300 g/mol. The lowest BCUT2D eigenvalue weighted by molar-refractivity contribution is -0.116. The minimum atomic E-state index is -0.209. The van der Waals surface area contributed by atoms with E-state index >= 15 is 0 Å². The van der Waals surface area contributed by atoms with E-state index in [9.17, 15) is 9.59 Å². The number of anilines is 1. The third-order valence-corrected chi connectivity index (χ3v) is 4.41. The standard InChI is InChI=1S/C20H20N2O2/c1-13-7-6-9-17(15(13)3)21-19(23)12-22-18-10-5-4-8-16(18)14(2)11-20(22)24/h4-11H,12H2,1-3H3,(H,21,23). The van der Waals surface area contributed by atoms with Crippen LogP contribution in [0.4, 0.5) is 5.69 Å². The second-order valence-corrected chi connectivity index (χ2v) is 6.06. The molecule has 1 N–H and O–H groups in total. The van der Waals surface area contributed by atoms with Gasteiger partial charge in [0.15, 0.2) is 0 Å². The number of hydrogen-bond donors (Lipinski definition) is 1. The first-order valence-electron chi connectivity index (χ1n) is 7.92. The topological polar surface area (TPSA) is 51.1 Å². The van der Waals surface area contributed by atoms with Crippen molar-refractivity contribution in [1.82, 2.24) is 4.57 Å². The molecule has 3 rings (SSSR count). The third kappa shape index (κ3) is 2.95. The first-order valence-corrected chi connectivity index (χ1v) is 7.92. The molecular formula is C20H20N2O2. The van der Waals surface area contributed by atoms with Crippen molar-refractivity contribution in [3.8, 4) is 0 Å². The van der Waals surface area contributed by atoms with Gasteiger partial charge in [-0.05, 0) is 49.6 Å². The molecule has 0 aliphatic rings. The maximum Gasteiger partial charge on any atom is 0.251 e. The Morgan fingerprint density at radius 3 is 2.54 bits per heavy atom. The van der Waals surface area contributed by atoms with Crippen LogP contribution >= 0.6 is 0 Å². The predicted octanol–water partition coefficient (Wildman–Crippen LogP) is 3.57. The molecule has 122 valence electrons. The van der Waals surface area contributed by atoms with E-state index in [1.54, 1.807) is 6.07 Å². The highest BCUT2D eigenvalue weighted by atomic mass is 16.2. The van der Waals surface area contributed by atoms with Gasteiger partial charge in [-0.15, -0.1) is 0 Å². The number of carbonyl (C=O) groups is 1. The Morgan fingerprint density at radius 1 is 1.00 bits per heavy atom. The molecule has 1 aromatic heterocycles. The fraction of sp³-hybridized carbons (Fsp3) is 0.200. The second-order valence-electron chi connectivity index (χ2n) is 6.06. The number of nitrogens with one attached hydrogen (secondary N) is 1. The molecule has 0 aliphatic heterocycles. The number of nitrogens with zero attached hydrogens (tertiary/aromatic N) is 1. The fourth-order valence-electron chi connectivity index (χ4n) is 2.89. The van der Waals surface area contributed by atoms with Crippen molar-refractivity contribution in [2.75, 3.05) is 5.32 Å². The van der Waals surface area contributed by atoms with Crippen LogP contribution in [0.15, 0.2) is 53.3 Å². The summed E-state index contributed by atoms with van der Waals surface area (Å²) in [7, 11) is 0. The highest BCUT2D eigenvalue weighted by Crippen LogP contribution is 2.19. The monoisotopic (exact) mass is 320 g/mol. The van der Waals surface area contributed by atoms with Crippen LogP contribution < -0.4 is 10.9 Å². The molecule has 1 heterocycles. The fourth-order valence-corrected chi connectivity index (χ4v) is 2.89. The van der Waals surface area contributed by atoms with Gasteiger partial charge in [0.2, 0.25) is 5.91 Å². The zero-order chi connectivity index (χ0) is 17.3. The van der Waals surface area contributed by atoms with Gasteiger partial charge in [-0.2, -0.15) is 0 Å². The van der Waals surface area contributed by atoms with Crippen LogP contribution in [-0.4, -0.2) is 10.5 Å². The Hall–Kier alpha value is -2.88. The minimum absolute atomic E-state index is 0.00694. The summed E-state index contributed by atoms with van der Waals surface area (Å²) < 4.78 is 1.52. The van der Waals surface area contributed by atoms with Crippen molar-refractivity contribution in [3.63, 3.8) is 0 Å². The highest BCUT2D eigenvalue weighted by molar-refractivity contribution is 5.93. The number of fused-ring (bicyclic) bond motifs is 1. The first-order chi connectivity index (χ1) is 11.5.